The Morgan fingerprint density at radius 3 is 2.49 bits per heavy atom. The van der Waals surface area contributed by atoms with E-state index >= 15 is 0 Å². The zero-order valence-electron chi connectivity index (χ0n) is 19.5. The highest BCUT2D eigenvalue weighted by molar-refractivity contribution is 7.07. The summed E-state index contributed by atoms with van der Waals surface area (Å²) in [6, 6.07) is 23.9. The lowest BCUT2D eigenvalue weighted by atomic mass is 10.1. The van der Waals surface area contributed by atoms with Crippen LogP contribution in [-0.4, -0.2) is 17.6 Å². The van der Waals surface area contributed by atoms with E-state index in [2.05, 4.69) is 5.32 Å². The summed E-state index contributed by atoms with van der Waals surface area (Å²) in [6.07, 6.45) is 1.73. The average Bonchev–Trinajstić information content (AvgIpc) is 3.17. The summed E-state index contributed by atoms with van der Waals surface area (Å²) in [6.45, 7) is 3.94. The van der Waals surface area contributed by atoms with E-state index in [-0.39, 0.29) is 15.8 Å². The molecule has 0 spiro atoms. The predicted molar refractivity (Wildman–Crippen MR) is 139 cm³/mol. The molecule has 4 rings (SSSR count). The third-order valence-corrected chi connectivity index (χ3v) is 6.64. The van der Waals surface area contributed by atoms with Crippen molar-refractivity contribution in [1.29, 1.82) is 5.26 Å². The maximum absolute atomic E-state index is 13.5. The van der Waals surface area contributed by atoms with E-state index in [0.717, 1.165) is 28.0 Å². The molecule has 1 N–H and O–H groups in total. The van der Waals surface area contributed by atoms with Crippen LogP contribution in [0.25, 0.3) is 17.3 Å². The molecule has 0 unspecified atom stereocenters. The Hall–Kier alpha value is -4.41. The van der Waals surface area contributed by atoms with Crippen LogP contribution in [0.4, 0.5) is 5.69 Å². The first-order valence-corrected chi connectivity index (χ1v) is 11.7. The number of thiazole rings is 1. The zero-order chi connectivity index (χ0) is 24.9. The van der Waals surface area contributed by atoms with Crippen LogP contribution in [-0.2, 0) is 4.79 Å². The number of aryl methyl sites for hydroxylation is 2. The van der Waals surface area contributed by atoms with Crippen molar-refractivity contribution >= 4 is 34.6 Å². The van der Waals surface area contributed by atoms with Crippen LogP contribution < -0.4 is 24.8 Å². The first-order chi connectivity index (χ1) is 16.9. The molecule has 0 saturated heterocycles. The van der Waals surface area contributed by atoms with Gasteiger partial charge in [-0.25, -0.2) is 0 Å². The quantitative estimate of drug-likeness (QED) is 0.472. The number of nitrogens with zero attached hydrogens (tertiary/aromatic N) is 2. The summed E-state index contributed by atoms with van der Waals surface area (Å²) in [5, 5.41) is 12.8. The predicted octanol–water partition coefficient (Wildman–Crippen LogP) is 3.67. The minimum Gasteiger partial charge on any atom is -0.497 e. The van der Waals surface area contributed by atoms with E-state index in [1.807, 2.05) is 62.4 Å². The summed E-state index contributed by atoms with van der Waals surface area (Å²) < 4.78 is 7.35. The third kappa shape index (κ3) is 5.08. The van der Waals surface area contributed by atoms with Crippen LogP contribution in [0.15, 0.2) is 77.6 Å². The highest BCUT2D eigenvalue weighted by atomic mass is 32.1. The van der Waals surface area contributed by atoms with Crippen LogP contribution >= 0.6 is 11.3 Å². The van der Waals surface area contributed by atoms with Gasteiger partial charge < -0.3 is 10.1 Å². The van der Waals surface area contributed by atoms with Gasteiger partial charge in [0.15, 0.2) is 5.57 Å². The number of amides is 1. The van der Waals surface area contributed by atoms with Crippen molar-refractivity contribution < 1.29 is 9.53 Å². The van der Waals surface area contributed by atoms with Gasteiger partial charge in [-0.05, 0) is 73.0 Å². The van der Waals surface area contributed by atoms with Gasteiger partial charge in [-0.2, -0.15) is 5.26 Å². The van der Waals surface area contributed by atoms with E-state index < -0.39 is 5.91 Å². The van der Waals surface area contributed by atoms with Crippen LogP contribution in [0.2, 0.25) is 0 Å². The Labute approximate surface area is 206 Å². The second-order valence-electron chi connectivity index (χ2n) is 7.91. The monoisotopic (exact) mass is 481 g/mol. The van der Waals surface area contributed by atoms with Crippen molar-refractivity contribution in [3.8, 4) is 17.5 Å². The Kier molecular flexibility index (Phi) is 6.95. The highest BCUT2D eigenvalue weighted by Crippen LogP contribution is 2.16. The number of para-hydroxylation sites is 1. The average molecular weight is 482 g/mol. The molecule has 35 heavy (non-hydrogen) atoms. The molecule has 0 radical (unpaired) electrons. The van der Waals surface area contributed by atoms with Crippen LogP contribution in [0.3, 0.4) is 0 Å². The van der Waals surface area contributed by atoms with E-state index in [4.69, 9.17) is 4.74 Å². The van der Waals surface area contributed by atoms with E-state index in [1.165, 1.54) is 4.57 Å². The number of nitriles is 1. The number of ether oxygens (including phenoxy) is 1. The smallest absolute Gasteiger partial charge is 0.273 e. The first-order valence-electron chi connectivity index (χ1n) is 10.9. The van der Waals surface area contributed by atoms with Crippen LogP contribution in [0.1, 0.15) is 16.7 Å². The fourth-order valence-corrected chi connectivity index (χ4v) is 4.65. The van der Waals surface area contributed by atoms with E-state index in [0.29, 0.717) is 21.7 Å². The van der Waals surface area contributed by atoms with Crippen molar-refractivity contribution in [2.45, 2.75) is 13.8 Å². The largest absolute Gasteiger partial charge is 0.497 e. The van der Waals surface area contributed by atoms with Crippen LogP contribution in [0.5, 0.6) is 5.75 Å². The molecule has 0 fully saturated rings. The topological polar surface area (TPSA) is 84.1 Å². The summed E-state index contributed by atoms with van der Waals surface area (Å²) in [4.78, 5) is 26.7. The molecule has 0 saturated carbocycles. The number of hydrogen-bond acceptors (Lipinski definition) is 5. The number of carbonyl (C=O) groups is 1. The van der Waals surface area contributed by atoms with Gasteiger partial charge in [0, 0.05) is 5.69 Å². The summed E-state index contributed by atoms with van der Waals surface area (Å²) in [5.41, 5.74) is 3.59. The minimum atomic E-state index is -0.574. The summed E-state index contributed by atoms with van der Waals surface area (Å²) in [7, 11) is 1.58. The molecule has 0 bridgehead atoms. The van der Waals surface area contributed by atoms with Crippen molar-refractivity contribution in [2.24, 2.45) is 0 Å². The number of nitrogens with one attached hydrogen (secondary N) is 1. The molecule has 0 aliphatic carbocycles. The van der Waals surface area contributed by atoms with Gasteiger partial charge >= 0.3 is 0 Å². The van der Waals surface area contributed by atoms with Gasteiger partial charge in [0.05, 0.1) is 17.3 Å². The normalized spacial score (nSPS) is 12.1. The fourth-order valence-electron chi connectivity index (χ4n) is 3.55. The van der Waals surface area contributed by atoms with Gasteiger partial charge in [0.25, 0.3) is 11.5 Å². The lowest BCUT2D eigenvalue weighted by molar-refractivity contribution is -0.111. The molecule has 1 aromatic heterocycles. The molecule has 7 heteroatoms. The molecule has 0 atom stereocenters. The lowest BCUT2D eigenvalue weighted by Gasteiger charge is -2.07. The minimum absolute atomic E-state index is 0.139. The van der Waals surface area contributed by atoms with Gasteiger partial charge in [-0.15, -0.1) is 11.3 Å². The molecule has 4 aromatic rings. The molecule has 174 valence electrons. The Morgan fingerprint density at radius 2 is 1.80 bits per heavy atom. The number of methoxy groups -OCH3 is 1. The number of aromatic nitrogens is 1. The number of anilines is 1. The Bertz CT molecular complexity index is 1630. The fraction of sp³-hybridized carbons (Fsp3) is 0.107. The van der Waals surface area contributed by atoms with Gasteiger partial charge in [-0.3, -0.25) is 14.2 Å². The van der Waals surface area contributed by atoms with Crippen LogP contribution in [0, 0.1) is 25.2 Å². The van der Waals surface area contributed by atoms with E-state index in [1.54, 1.807) is 43.5 Å². The number of hydrogen-bond donors (Lipinski definition) is 1. The van der Waals surface area contributed by atoms with Crippen molar-refractivity contribution in [3.05, 3.63) is 109 Å². The number of benzene rings is 3. The molecular weight excluding hydrogens is 458 g/mol. The second-order valence-corrected chi connectivity index (χ2v) is 8.94. The number of rotatable bonds is 5. The van der Waals surface area contributed by atoms with Crippen molar-refractivity contribution in [2.75, 3.05) is 12.4 Å². The Balaban J connectivity index is 1.93. The second kappa shape index (κ2) is 10.2. The van der Waals surface area contributed by atoms with Gasteiger partial charge in [0.1, 0.15) is 16.5 Å². The SMILES string of the molecule is COc1cccc(C=c2sc(=C(C#N)C(=O)Nc3ccc(C)c(C)c3)n(-c3ccccc3)c2=O)c1. The van der Waals surface area contributed by atoms with Crippen molar-refractivity contribution in [1.82, 2.24) is 4.57 Å². The molecule has 6 nitrogen and oxygen atoms in total. The van der Waals surface area contributed by atoms with Gasteiger partial charge in [0.2, 0.25) is 0 Å². The molecule has 0 aliphatic rings. The Morgan fingerprint density at radius 1 is 1.03 bits per heavy atom. The molecular formula is C28H23N3O3S. The third-order valence-electron chi connectivity index (χ3n) is 5.55. The highest BCUT2D eigenvalue weighted by Gasteiger charge is 2.17. The zero-order valence-corrected chi connectivity index (χ0v) is 20.3. The molecule has 1 heterocycles. The lowest BCUT2D eigenvalue weighted by Crippen LogP contribution is -2.32. The maximum Gasteiger partial charge on any atom is 0.273 e. The summed E-state index contributed by atoms with van der Waals surface area (Å²) in [5.74, 6) is 0.0885. The maximum atomic E-state index is 13.5. The molecule has 1 amide bonds. The van der Waals surface area contributed by atoms with Gasteiger partial charge in [-0.1, -0.05) is 36.4 Å². The molecule has 0 aliphatic heterocycles. The first kappa shape index (κ1) is 23.7. The van der Waals surface area contributed by atoms with E-state index in [9.17, 15) is 14.9 Å². The summed E-state index contributed by atoms with van der Waals surface area (Å²) >= 11 is 1.10. The van der Waals surface area contributed by atoms with Crippen molar-refractivity contribution in [3.63, 3.8) is 0 Å². The molecule has 3 aromatic carbocycles. The standard InChI is InChI=1S/C28H23N3O3S/c1-18-12-13-21(14-19(18)2)30-26(32)24(17-29)28-31(22-9-5-4-6-10-22)27(33)25(35-28)16-20-8-7-11-23(15-20)34-3/h4-16H,1-3H3,(H,30,32). The number of carbonyl (C=O) groups excluding carboxylic acids is 1.